The van der Waals surface area contributed by atoms with Gasteiger partial charge in [0.15, 0.2) is 9.84 Å². The molecule has 0 fully saturated rings. The number of fused-ring (bicyclic) bond motifs is 2. The molecule has 33 heavy (non-hydrogen) atoms. The van der Waals surface area contributed by atoms with Crippen molar-refractivity contribution in [2.45, 2.75) is 73.0 Å². The summed E-state index contributed by atoms with van der Waals surface area (Å²) in [6.07, 6.45) is 11.0. The smallest absolute Gasteiger partial charge is 0.264 e. The molecule has 0 radical (unpaired) electrons. The van der Waals surface area contributed by atoms with E-state index >= 15 is 0 Å². The van der Waals surface area contributed by atoms with Crippen LogP contribution >= 0.6 is 0 Å². The molecule has 2 aliphatic heterocycles. The Morgan fingerprint density at radius 2 is 1.52 bits per heavy atom. The van der Waals surface area contributed by atoms with Crippen LogP contribution in [-0.2, 0) is 19.9 Å². The molecule has 7 heteroatoms. The lowest BCUT2D eigenvalue weighted by Gasteiger charge is -2.33. The molecule has 176 valence electrons. The number of sulfonamides is 1. The number of aryl methyl sites for hydroxylation is 1. The molecule has 0 aromatic heterocycles. The third kappa shape index (κ3) is 4.94. The molecule has 0 aliphatic carbocycles. The van der Waals surface area contributed by atoms with Crippen molar-refractivity contribution in [2.24, 2.45) is 0 Å². The zero-order valence-corrected chi connectivity index (χ0v) is 20.6. The van der Waals surface area contributed by atoms with Gasteiger partial charge in [0.2, 0.25) is 0 Å². The van der Waals surface area contributed by atoms with E-state index in [2.05, 4.69) is 6.08 Å². The maximum Gasteiger partial charge on any atom is 0.264 e. The third-order valence-electron chi connectivity index (χ3n) is 6.45. The number of nitrogens with zero attached hydrogens (tertiary/aromatic N) is 1. The normalized spacial score (nSPS) is 23.3. The summed E-state index contributed by atoms with van der Waals surface area (Å²) in [4.78, 5) is 0.428. The van der Waals surface area contributed by atoms with E-state index in [1.165, 1.54) is 4.31 Å². The van der Waals surface area contributed by atoms with Gasteiger partial charge in [0, 0.05) is 5.70 Å². The largest absolute Gasteiger partial charge is 0.265 e. The van der Waals surface area contributed by atoms with Crippen LogP contribution in [0.1, 0.15) is 50.5 Å². The molecule has 0 saturated carbocycles. The van der Waals surface area contributed by atoms with Gasteiger partial charge in [0.25, 0.3) is 10.0 Å². The topological polar surface area (TPSA) is 71.5 Å². The summed E-state index contributed by atoms with van der Waals surface area (Å²) < 4.78 is 56.7. The van der Waals surface area contributed by atoms with E-state index in [1.54, 1.807) is 54.6 Å². The van der Waals surface area contributed by atoms with Crippen LogP contribution in [0.5, 0.6) is 0 Å². The van der Waals surface area contributed by atoms with Crippen LogP contribution in [0.3, 0.4) is 0 Å². The van der Waals surface area contributed by atoms with Gasteiger partial charge in [-0.05, 0) is 63.3 Å². The zero-order chi connectivity index (χ0) is 23.5. The second-order valence-electron chi connectivity index (χ2n) is 8.82. The van der Waals surface area contributed by atoms with Crippen LogP contribution in [-0.4, -0.2) is 32.4 Å². The highest BCUT2D eigenvalue weighted by atomic mass is 32.2. The Hall–Kier alpha value is -2.38. The first-order valence-electron chi connectivity index (χ1n) is 11.6. The molecular weight excluding hydrogens is 454 g/mol. The van der Waals surface area contributed by atoms with Crippen LogP contribution in [0.15, 0.2) is 88.3 Å². The van der Waals surface area contributed by atoms with Gasteiger partial charge in [0.1, 0.15) is 5.25 Å². The van der Waals surface area contributed by atoms with Crippen LogP contribution in [0.2, 0.25) is 0 Å². The van der Waals surface area contributed by atoms with Crippen LogP contribution in [0, 0.1) is 6.92 Å². The summed E-state index contributed by atoms with van der Waals surface area (Å²) in [6, 6.07) is 14.8. The Bertz CT molecular complexity index is 1230. The molecule has 0 amide bonds. The number of allylic oxidation sites excluding steroid dienone is 1. The highest BCUT2D eigenvalue weighted by molar-refractivity contribution is 7.92. The molecule has 0 N–H and O–H groups in total. The fraction of sp³-hybridized carbons (Fsp3) is 0.385. The van der Waals surface area contributed by atoms with Crippen LogP contribution in [0.4, 0.5) is 0 Å². The van der Waals surface area contributed by atoms with Gasteiger partial charge >= 0.3 is 0 Å². The quantitative estimate of drug-likeness (QED) is 0.544. The van der Waals surface area contributed by atoms with Gasteiger partial charge in [-0.15, -0.1) is 0 Å². The number of hydrogen-bond acceptors (Lipinski definition) is 4. The minimum Gasteiger partial charge on any atom is -0.265 e. The van der Waals surface area contributed by atoms with Crippen molar-refractivity contribution < 1.29 is 16.8 Å². The Kier molecular flexibility index (Phi) is 7.10. The second kappa shape index (κ2) is 9.85. The van der Waals surface area contributed by atoms with Crippen molar-refractivity contribution in [3.63, 3.8) is 0 Å². The average molecular weight is 486 g/mol. The molecule has 2 aromatic carbocycles. The van der Waals surface area contributed by atoms with Gasteiger partial charge in [-0.1, -0.05) is 67.0 Å². The first-order chi connectivity index (χ1) is 15.8. The summed E-state index contributed by atoms with van der Waals surface area (Å²) in [5.74, 6) is 0. The Morgan fingerprint density at radius 3 is 2.24 bits per heavy atom. The first-order valence-corrected chi connectivity index (χ1v) is 14.6. The Morgan fingerprint density at radius 1 is 0.788 bits per heavy atom. The number of sulfone groups is 1. The van der Waals surface area contributed by atoms with Gasteiger partial charge in [-0.2, -0.15) is 0 Å². The highest BCUT2D eigenvalue weighted by Gasteiger charge is 2.43. The van der Waals surface area contributed by atoms with E-state index in [0.717, 1.165) is 31.2 Å². The molecule has 2 bridgehead atoms. The second-order valence-corrected chi connectivity index (χ2v) is 12.8. The zero-order valence-electron chi connectivity index (χ0n) is 18.9. The van der Waals surface area contributed by atoms with Gasteiger partial charge in [0.05, 0.1) is 15.8 Å². The minimum atomic E-state index is -3.91. The summed E-state index contributed by atoms with van der Waals surface area (Å²) in [7, 11) is -7.67. The molecular formula is C26H31NO4S2. The summed E-state index contributed by atoms with van der Waals surface area (Å²) in [5.41, 5.74) is 1.37. The third-order valence-corrected chi connectivity index (χ3v) is 10.5. The predicted octanol–water partition coefficient (Wildman–Crippen LogP) is 5.39. The molecule has 5 nitrogen and oxygen atoms in total. The van der Waals surface area contributed by atoms with E-state index in [-0.39, 0.29) is 15.8 Å². The van der Waals surface area contributed by atoms with Crippen molar-refractivity contribution in [3.8, 4) is 0 Å². The SMILES string of the molecule is Cc1ccc(S(=O)(=O)N2C3=CC[C@@H]2C/C=C\CCCCC[C@@H]3S(=O)(=O)c2ccccc2)cc1. The van der Waals surface area contributed by atoms with Gasteiger partial charge in [-0.3, -0.25) is 4.31 Å². The van der Waals surface area contributed by atoms with Gasteiger partial charge in [-0.25, -0.2) is 16.8 Å². The number of rotatable bonds is 4. The lowest BCUT2D eigenvalue weighted by Crippen LogP contribution is -2.41. The Labute approximate surface area is 197 Å². The maximum absolute atomic E-state index is 13.9. The van der Waals surface area contributed by atoms with Crippen molar-refractivity contribution in [1.82, 2.24) is 4.31 Å². The highest BCUT2D eigenvalue weighted by Crippen LogP contribution is 2.39. The number of hydrogen-bond donors (Lipinski definition) is 0. The standard InChI is InChI=1S/C26H31NO4S2/c1-21-15-18-24(19-16-21)33(30,31)27-22-11-7-4-2-3-5-10-14-26(25(27)20-17-22)32(28,29)23-12-8-6-9-13-23/h4,6-9,12-13,15-16,18-20,22,26H,2-3,5,10-11,14,17H2,1H3/b7-4-/t22-,26-/m0/s1. The fourth-order valence-electron chi connectivity index (χ4n) is 4.65. The fourth-order valence-corrected chi connectivity index (χ4v) is 8.34. The molecule has 2 atom stereocenters. The minimum absolute atomic E-state index is 0.192. The van der Waals surface area contributed by atoms with Crippen molar-refractivity contribution >= 4 is 19.9 Å². The van der Waals surface area contributed by atoms with Crippen molar-refractivity contribution in [1.29, 1.82) is 0 Å². The lowest BCUT2D eigenvalue weighted by molar-refractivity contribution is 0.391. The summed E-state index contributed by atoms with van der Waals surface area (Å²) >= 11 is 0. The van der Waals surface area contributed by atoms with Gasteiger partial charge < -0.3 is 0 Å². The molecule has 2 heterocycles. The van der Waals surface area contributed by atoms with Crippen LogP contribution in [0.25, 0.3) is 0 Å². The monoisotopic (exact) mass is 485 g/mol. The molecule has 0 saturated heterocycles. The van der Waals surface area contributed by atoms with Crippen LogP contribution < -0.4 is 0 Å². The van der Waals surface area contributed by atoms with Crippen molar-refractivity contribution in [3.05, 3.63) is 84.1 Å². The van der Waals surface area contributed by atoms with E-state index in [0.29, 0.717) is 25.0 Å². The number of benzene rings is 2. The van der Waals surface area contributed by atoms with Crippen molar-refractivity contribution in [2.75, 3.05) is 0 Å². The predicted molar refractivity (Wildman–Crippen MR) is 131 cm³/mol. The molecule has 2 aliphatic rings. The first kappa shape index (κ1) is 23.8. The molecule has 0 unspecified atom stereocenters. The summed E-state index contributed by atoms with van der Waals surface area (Å²) in [5, 5.41) is -0.895. The lowest BCUT2D eigenvalue weighted by atomic mass is 10.1. The molecule has 2 aromatic rings. The maximum atomic E-state index is 13.9. The van der Waals surface area contributed by atoms with E-state index in [9.17, 15) is 16.8 Å². The molecule has 0 spiro atoms. The molecule has 4 rings (SSSR count). The Balaban J connectivity index is 1.82. The van der Waals surface area contributed by atoms with E-state index in [1.807, 2.05) is 19.1 Å². The average Bonchev–Trinajstić information content (AvgIpc) is 3.22. The summed E-state index contributed by atoms with van der Waals surface area (Å²) in [6.45, 7) is 1.91. The van der Waals surface area contributed by atoms with E-state index < -0.39 is 25.1 Å². The van der Waals surface area contributed by atoms with E-state index in [4.69, 9.17) is 0 Å².